The highest BCUT2D eigenvalue weighted by molar-refractivity contribution is 8.23. The number of anilines is 1. The predicted molar refractivity (Wildman–Crippen MR) is 108 cm³/mol. The predicted octanol–water partition coefficient (Wildman–Crippen LogP) is 4.29. The average Bonchev–Trinajstić information content (AvgIpc) is 2.92. The fourth-order valence-electron chi connectivity index (χ4n) is 2.72. The van der Waals surface area contributed by atoms with Gasteiger partial charge in [-0.25, -0.2) is 4.98 Å². The van der Waals surface area contributed by atoms with E-state index in [1.807, 2.05) is 25.1 Å². The summed E-state index contributed by atoms with van der Waals surface area (Å²) in [4.78, 5) is 18.8. The van der Waals surface area contributed by atoms with E-state index in [-0.39, 0.29) is 5.91 Å². The van der Waals surface area contributed by atoms with Gasteiger partial charge < -0.3 is 10.2 Å². The van der Waals surface area contributed by atoms with Crippen LogP contribution in [0.2, 0.25) is 0 Å². The van der Waals surface area contributed by atoms with Crippen molar-refractivity contribution in [2.45, 2.75) is 26.7 Å². The van der Waals surface area contributed by atoms with E-state index in [0.717, 1.165) is 44.2 Å². The number of benzene rings is 1. The van der Waals surface area contributed by atoms with E-state index in [2.05, 4.69) is 22.1 Å². The van der Waals surface area contributed by atoms with Crippen molar-refractivity contribution in [3.63, 3.8) is 0 Å². The molecule has 0 saturated carbocycles. The second kappa shape index (κ2) is 7.80. The number of carbonyl (C=O) groups excluding carboxylic acids is 1. The van der Waals surface area contributed by atoms with Gasteiger partial charge in [-0.3, -0.25) is 4.79 Å². The topological polar surface area (TPSA) is 45.2 Å². The maximum atomic E-state index is 12.2. The third-order valence-corrected chi connectivity index (χ3v) is 6.60. The van der Waals surface area contributed by atoms with Gasteiger partial charge in [0.1, 0.15) is 4.32 Å². The highest BCUT2D eigenvalue weighted by Crippen LogP contribution is 2.25. The Hall–Kier alpha value is -1.18. The summed E-state index contributed by atoms with van der Waals surface area (Å²) in [5.41, 5.74) is 1.79. The van der Waals surface area contributed by atoms with Crippen LogP contribution in [-0.2, 0) is 4.79 Å². The van der Waals surface area contributed by atoms with E-state index in [0.29, 0.717) is 5.75 Å². The molecule has 0 radical (unpaired) electrons. The fourth-order valence-corrected chi connectivity index (χ4v) is 4.64. The molecule has 1 aromatic heterocycles. The molecule has 1 aliphatic heterocycles. The molecular weight excluding hydrogens is 358 g/mol. The summed E-state index contributed by atoms with van der Waals surface area (Å²) < 4.78 is 1.93. The van der Waals surface area contributed by atoms with Crippen molar-refractivity contribution in [2.75, 3.05) is 24.2 Å². The van der Waals surface area contributed by atoms with E-state index >= 15 is 0 Å². The number of hydrogen-bond acceptors (Lipinski definition) is 5. The van der Waals surface area contributed by atoms with Crippen LogP contribution in [0.3, 0.4) is 0 Å². The Balaban J connectivity index is 1.50. The third-order valence-electron chi connectivity index (χ3n) is 4.15. The Kier molecular flexibility index (Phi) is 5.73. The highest BCUT2D eigenvalue weighted by Gasteiger charge is 2.18. The molecule has 1 aliphatic rings. The molecule has 1 N–H and O–H groups in total. The highest BCUT2D eigenvalue weighted by atomic mass is 32.2. The lowest BCUT2D eigenvalue weighted by Gasteiger charge is -2.31. The third kappa shape index (κ3) is 4.46. The Morgan fingerprint density at radius 2 is 2.21 bits per heavy atom. The molecule has 0 bridgehead atoms. The van der Waals surface area contributed by atoms with Gasteiger partial charge in [-0.15, -0.1) is 11.3 Å². The number of likely N-dealkylation sites (tertiary alicyclic amines) is 1. The lowest BCUT2D eigenvalue weighted by molar-refractivity contribution is -0.113. The summed E-state index contributed by atoms with van der Waals surface area (Å²) in [5.74, 6) is 1.11. The number of hydrogen-bond donors (Lipinski definition) is 1. The molecule has 7 heteroatoms. The number of fused-ring (bicyclic) bond motifs is 1. The monoisotopic (exact) mass is 379 g/mol. The second-order valence-corrected chi connectivity index (χ2v) is 9.03. The van der Waals surface area contributed by atoms with Crippen LogP contribution in [0.4, 0.5) is 5.69 Å². The Bertz CT molecular complexity index is 751. The van der Waals surface area contributed by atoms with Gasteiger partial charge in [0.25, 0.3) is 0 Å². The Morgan fingerprint density at radius 1 is 1.46 bits per heavy atom. The summed E-state index contributed by atoms with van der Waals surface area (Å²) in [6.45, 7) is 6.29. The maximum Gasteiger partial charge on any atom is 0.234 e. The Labute approximate surface area is 156 Å². The first-order valence-corrected chi connectivity index (χ1v) is 10.3. The first-order chi connectivity index (χ1) is 11.5. The molecule has 1 fully saturated rings. The van der Waals surface area contributed by atoms with Crippen molar-refractivity contribution >= 4 is 61.4 Å². The SMILES string of the molecule is Cc1nc2ccc(NC(=O)CSC(=S)N3CCC(C)CC3)cc2s1. The zero-order valence-electron chi connectivity index (χ0n) is 13.9. The zero-order chi connectivity index (χ0) is 17.1. The van der Waals surface area contributed by atoms with Crippen molar-refractivity contribution in [3.8, 4) is 0 Å². The minimum atomic E-state index is -0.0201. The summed E-state index contributed by atoms with van der Waals surface area (Å²) in [6.07, 6.45) is 2.36. The normalized spacial score (nSPS) is 15.7. The fraction of sp³-hybridized carbons (Fsp3) is 0.471. The first kappa shape index (κ1) is 17.6. The van der Waals surface area contributed by atoms with Gasteiger partial charge in [0, 0.05) is 18.8 Å². The molecule has 128 valence electrons. The van der Waals surface area contributed by atoms with Crippen LogP contribution >= 0.6 is 35.3 Å². The average molecular weight is 380 g/mol. The number of thioether (sulfide) groups is 1. The second-order valence-electron chi connectivity index (χ2n) is 6.19. The summed E-state index contributed by atoms with van der Waals surface area (Å²) in [5, 5.41) is 3.98. The smallest absolute Gasteiger partial charge is 0.234 e. The van der Waals surface area contributed by atoms with Gasteiger partial charge in [0.05, 0.1) is 21.0 Å². The molecule has 2 heterocycles. The molecule has 0 spiro atoms. The van der Waals surface area contributed by atoms with E-state index in [4.69, 9.17) is 12.2 Å². The number of carbonyl (C=O) groups is 1. The molecule has 24 heavy (non-hydrogen) atoms. The van der Waals surface area contributed by atoms with E-state index in [1.54, 1.807) is 11.3 Å². The zero-order valence-corrected chi connectivity index (χ0v) is 16.3. The number of nitrogens with one attached hydrogen (secondary N) is 1. The quantitative estimate of drug-likeness (QED) is 0.806. The molecular formula is C17H21N3OS3. The van der Waals surface area contributed by atoms with Crippen LogP contribution in [0.5, 0.6) is 0 Å². The number of thiazole rings is 1. The molecule has 3 rings (SSSR count). The molecule has 1 saturated heterocycles. The van der Waals surface area contributed by atoms with Crippen LogP contribution in [0.15, 0.2) is 18.2 Å². The van der Waals surface area contributed by atoms with Crippen LogP contribution in [-0.4, -0.2) is 39.0 Å². The summed E-state index contributed by atoms with van der Waals surface area (Å²) >= 11 is 8.55. The molecule has 4 nitrogen and oxygen atoms in total. The van der Waals surface area contributed by atoms with E-state index < -0.39 is 0 Å². The lowest BCUT2D eigenvalue weighted by atomic mass is 10.00. The molecule has 0 aliphatic carbocycles. The van der Waals surface area contributed by atoms with Crippen LogP contribution in [0.1, 0.15) is 24.8 Å². The van der Waals surface area contributed by atoms with Gasteiger partial charge in [0.15, 0.2) is 0 Å². The van der Waals surface area contributed by atoms with Gasteiger partial charge in [-0.2, -0.15) is 0 Å². The van der Waals surface area contributed by atoms with Gasteiger partial charge in [-0.05, 0) is 43.9 Å². The molecule has 1 amide bonds. The van der Waals surface area contributed by atoms with Gasteiger partial charge in [0.2, 0.25) is 5.91 Å². The van der Waals surface area contributed by atoms with Crippen molar-refractivity contribution in [3.05, 3.63) is 23.2 Å². The Morgan fingerprint density at radius 3 is 2.96 bits per heavy atom. The van der Waals surface area contributed by atoms with E-state index in [9.17, 15) is 4.79 Å². The molecule has 0 unspecified atom stereocenters. The number of rotatable bonds is 3. The number of thiocarbonyl (C=S) groups is 1. The standard InChI is InChI=1S/C17H21N3OS3/c1-11-5-7-20(8-6-11)17(22)23-10-16(21)19-13-3-4-14-15(9-13)24-12(2)18-14/h3-4,9,11H,5-8,10H2,1-2H3,(H,19,21). The minimum Gasteiger partial charge on any atom is -0.357 e. The largest absolute Gasteiger partial charge is 0.357 e. The van der Waals surface area contributed by atoms with Crippen LogP contribution < -0.4 is 5.32 Å². The van der Waals surface area contributed by atoms with Gasteiger partial charge in [-0.1, -0.05) is 30.9 Å². The maximum absolute atomic E-state index is 12.2. The number of aromatic nitrogens is 1. The number of nitrogens with zero attached hydrogens (tertiary/aromatic N) is 2. The molecule has 0 atom stereocenters. The molecule has 1 aromatic carbocycles. The number of aryl methyl sites for hydroxylation is 1. The lowest BCUT2D eigenvalue weighted by Crippen LogP contribution is -2.36. The van der Waals surface area contributed by atoms with Crippen molar-refractivity contribution in [1.29, 1.82) is 0 Å². The first-order valence-electron chi connectivity index (χ1n) is 8.10. The summed E-state index contributed by atoms with van der Waals surface area (Å²) in [6, 6.07) is 5.82. The van der Waals surface area contributed by atoms with Crippen molar-refractivity contribution < 1.29 is 4.79 Å². The molecule has 2 aromatic rings. The van der Waals surface area contributed by atoms with Crippen LogP contribution in [0.25, 0.3) is 10.2 Å². The minimum absolute atomic E-state index is 0.0201. The van der Waals surface area contributed by atoms with Crippen molar-refractivity contribution in [2.24, 2.45) is 5.92 Å². The van der Waals surface area contributed by atoms with E-state index in [1.165, 1.54) is 24.6 Å². The van der Waals surface area contributed by atoms with Gasteiger partial charge >= 0.3 is 0 Å². The number of piperidine rings is 1. The van der Waals surface area contributed by atoms with Crippen molar-refractivity contribution in [1.82, 2.24) is 9.88 Å². The van der Waals surface area contributed by atoms with Crippen LogP contribution in [0, 0.1) is 12.8 Å². The summed E-state index contributed by atoms with van der Waals surface area (Å²) in [7, 11) is 0. The number of amides is 1.